The van der Waals surface area contributed by atoms with Crippen LogP contribution in [0.1, 0.15) is 43.0 Å². The van der Waals surface area contributed by atoms with Crippen LogP contribution >= 0.6 is 10.2 Å². The summed E-state index contributed by atoms with van der Waals surface area (Å²) in [4.78, 5) is 34.8. The summed E-state index contributed by atoms with van der Waals surface area (Å²) in [7, 11) is -9.23. The summed E-state index contributed by atoms with van der Waals surface area (Å²) in [5, 5.41) is 13.9. The summed E-state index contributed by atoms with van der Waals surface area (Å²) in [6.07, 6.45) is 0.710. The molecule has 2 aromatic carbocycles. The van der Waals surface area contributed by atoms with Gasteiger partial charge in [-0.1, -0.05) is 19.4 Å². The maximum atomic E-state index is 14.8. The SMILES string of the molecule is COc1cc(F)c(O[C@H]2CC[C@@](C)(C(=O)O)CC2)cc1C(=O)N[C@H]1COC[C@H]1C(=O)Nc1ccc(F)c(S(F)(F)(F)(F)F)c1. The highest BCUT2D eigenvalue weighted by Crippen LogP contribution is 3.02. The Hall–Kier alpha value is -3.73. The second-order valence-electron chi connectivity index (χ2n) is 11.0. The average Bonchev–Trinajstić information content (AvgIpc) is 3.38. The molecular formula is C27H29F7N2O7S. The van der Waals surface area contributed by atoms with E-state index in [2.05, 4.69) is 5.32 Å². The number of amides is 2. The highest BCUT2D eigenvalue weighted by atomic mass is 32.5. The summed E-state index contributed by atoms with van der Waals surface area (Å²) < 4.78 is 111. The van der Waals surface area contributed by atoms with E-state index in [1.165, 1.54) is 7.11 Å². The molecular weight excluding hydrogens is 629 g/mol. The molecule has 44 heavy (non-hydrogen) atoms. The van der Waals surface area contributed by atoms with Gasteiger partial charge in [0.05, 0.1) is 49.4 Å². The third-order valence-corrected chi connectivity index (χ3v) is 8.84. The molecule has 1 saturated heterocycles. The Bertz CT molecular complexity index is 1480. The second-order valence-corrected chi connectivity index (χ2v) is 13.4. The number of hydrogen-bond donors (Lipinski definition) is 3. The van der Waals surface area contributed by atoms with Crippen LogP contribution in [0.25, 0.3) is 0 Å². The number of aliphatic carboxylic acids is 1. The van der Waals surface area contributed by atoms with E-state index in [0.29, 0.717) is 31.7 Å². The van der Waals surface area contributed by atoms with Crippen molar-refractivity contribution in [2.45, 2.75) is 49.6 Å². The Labute approximate surface area is 246 Å². The van der Waals surface area contributed by atoms with Crippen molar-refractivity contribution in [2.24, 2.45) is 11.3 Å². The zero-order valence-electron chi connectivity index (χ0n) is 23.3. The van der Waals surface area contributed by atoms with Gasteiger partial charge in [0.15, 0.2) is 11.6 Å². The minimum Gasteiger partial charge on any atom is -0.496 e. The van der Waals surface area contributed by atoms with Crippen molar-refractivity contribution in [3.05, 3.63) is 47.5 Å². The van der Waals surface area contributed by atoms with Gasteiger partial charge in [0, 0.05) is 11.8 Å². The molecule has 9 nitrogen and oxygen atoms in total. The molecule has 4 rings (SSSR count). The highest BCUT2D eigenvalue weighted by molar-refractivity contribution is 8.45. The monoisotopic (exact) mass is 658 g/mol. The first-order valence-corrected chi connectivity index (χ1v) is 15.2. The molecule has 2 aromatic rings. The van der Waals surface area contributed by atoms with E-state index in [0.717, 1.165) is 12.1 Å². The quantitative estimate of drug-likeness (QED) is 0.266. The number of carbonyl (C=O) groups is 3. The number of carboxylic acids is 1. The first kappa shape index (κ1) is 33.2. The first-order chi connectivity index (χ1) is 20.2. The summed E-state index contributed by atoms with van der Waals surface area (Å²) in [5.74, 6) is -7.57. The normalized spacial score (nSPS) is 25.3. The summed E-state index contributed by atoms with van der Waals surface area (Å²) in [5.41, 5.74) is -1.88. The van der Waals surface area contributed by atoms with Crippen LogP contribution in [0, 0.1) is 23.0 Å². The van der Waals surface area contributed by atoms with E-state index in [1.807, 2.05) is 5.32 Å². The minimum atomic E-state index is -10.4. The molecule has 1 heterocycles. The molecule has 0 bridgehead atoms. The van der Waals surface area contributed by atoms with Crippen LogP contribution in [0.4, 0.5) is 33.9 Å². The van der Waals surface area contributed by atoms with E-state index < -0.39 is 73.7 Å². The lowest BCUT2D eigenvalue weighted by molar-refractivity contribution is -0.150. The molecule has 2 fully saturated rings. The molecule has 2 atom stereocenters. The van der Waals surface area contributed by atoms with Crippen molar-refractivity contribution >= 4 is 33.7 Å². The molecule has 0 unspecified atom stereocenters. The summed E-state index contributed by atoms with van der Waals surface area (Å²) in [6, 6.07) is 1.53. The van der Waals surface area contributed by atoms with E-state index in [-0.39, 0.29) is 42.4 Å². The number of rotatable bonds is 9. The van der Waals surface area contributed by atoms with Gasteiger partial charge in [0.2, 0.25) is 5.91 Å². The molecule has 1 saturated carbocycles. The van der Waals surface area contributed by atoms with E-state index >= 15 is 0 Å². The lowest BCUT2D eigenvalue weighted by Gasteiger charge is -2.40. The van der Waals surface area contributed by atoms with Gasteiger partial charge >= 0.3 is 16.2 Å². The standard InChI is InChI=1S/C27H29F7N2O7S/c1-27(26(39)40)7-5-15(6-8-27)43-22-10-16(21(41-2)11-19(22)29)24(37)36-20-13-42-12-17(20)25(38)35-14-3-4-18(28)23(9-14)44(30,31,32,33)34/h3-4,9-11,15,17,20H,5-8,12-13H2,1-2H3,(H,35,38)(H,36,37)(H,39,40)/t15-,17-,20+,27+/m1/s1. The van der Waals surface area contributed by atoms with Gasteiger partial charge in [0.25, 0.3) is 5.91 Å². The van der Waals surface area contributed by atoms with Crippen molar-refractivity contribution < 1.29 is 61.9 Å². The van der Waals surface area contributed by atoms with E-state index in [4.69, 9.17) is 14.2 Å². The number of methoxy groups -OCH3 is 1. The number of anilines is 1. The summed E-state index contributed by atoms with van der Waals surface area (Å²) >= 11 is 0. The Morgan fingerprint density at radius 3 is 2.23 bits per heavy atom. The number of carbonyl (C=O) groups excluding carboxylic acids is 2. The molecule has 2 aliphatic rings. The maximum absolute atomic E-state index is 14.8. The number of nitrogens with one attached hydrogen (secondary N) is 2. The van der Waals surface area contributed by atoms with Crippen LogP contribution in [0.2, 0.25) is 0 Å². The van der Waals surface area contributed by atoms with E-state index in [1.54, 1.807) is 6.92 Å². The second kappa shape index (κ2) is 11.0. The Morgan fingerprint density at radius 2 is 1.64 bits per heavy atom. The number of hydrogen-bond acceptors (Lipinski definition) is 6. The van der Waals surface area contributed by atoms with Gasteiger partial charge in [-0.05, 0) is 56.9 Å². The number of benzene rings is 2. The predicted molar refractivity (Wildman–Crippen MR) is 144 cm³/mol. The van der Waals surface area contributed by atoms with Gasteiger partial charge < -0.3 is 30.0 Å². The number of carboxylic acid groups (broad SMARTS) is 1. The molecule has 0 aromatic heterocycles. The highest BCUT2D eigenvalue weighted by Gasteiger charge is 2.67. The molecule has 244 valence electrons. The molecule has 1 aliphatic heterocycles. The van der Waals surface area contributed by atoms with Gasteiger partial charge in [-0.2, -0.15) is 0 Å². The first-order valence-electron chi connectivity index (χ1n) is 13.2. The fourth-order valence-corrected chi connectivity index (χ4v) is 5.81. The van der Waals surface area contributed by atoms with Gasteiger partial charge in [0.1, 0.15) is 16.5 Å². The third-order valence-electron chi connectivity index (χ3n) is 7.69. The predicted octanol–water partition coefficient (Wildman–Crippen LogP) is 6.43. The van der Waals surface area contributed by atoms with Gasteiger partial charge in [-0.25, -0.2) is 8.78 Å². The zero-order valence-corrected chi connectivity index (χ0v) is 24.1. The van der Waals surface area contributed by atoms with Crippen molar-refractivity contribution in [1.29, 1.82) is 0 Å². The van der Waals surface area contributed by atoms with Crippen molar-refractivity contribution in [3.63, 3.8) is 0 Å². The van der Waals surface area contributed by atoms with Crippen molar-refractivity contribution in [3.8, 4) is 11.5 Å². The molecule has 1 aliphatic carbocycles. The lowest BCUT2D eigenvalue weighted by atomic mass is 9.75. The van der Waals surface area contributed by atoms with Crippen molar-refractivity contribution in [1.82, 2.24) is 5.32 Å². The molecule has 0 radical (unpaired) electrons. The van der Waals surface area contributed by atoms with Crippen LogP contribution in [-0.2, 0) is 14.3 Å². The lowest BCUT2D eigenvalue weighted by Crippen LogP contribution is -2.44. The Kier molecular flexibility index (Phi) is 8.30. The topological polar surface area (TPSA) is 123 Å². The molecule has 17 heteroatoms. The van der Waals surface area contributed by atoms with Crippen LogP contribution in [0.3, 0.4) is 0 Å². The smallest absolute Gasteiger partial charge is 0.313 e. The number of halogens is 7. The van der Waals surface area contributed by atoms with Crippen molar-refractivity contribution in [2.75, 3.05) is 25.6 Å². The molecule has 3 N–H and O–H groups in total. The third kappa shape index (κ3) is 7.31. The molecule has 0 spiro atoms. The largest absolute Gasteiger partial charge is 0.496 e. The Morgan fingerprint density at radius 1 is 0.977 bits per heavy atom. The Balaban J connectivity index is 1.48. The van der Waals surface area contributed by atoms with E-state index in [9.17, 15) is 47.7 Å². The fourth-order valence-electron chi connectivity index (χ4n) is 5.02. The fraction of sp³-hybridized carbons (Fsp3) is 0.444. The van der Waals surface area contributed by atoms with Gasteiger partial charge in [-0.15, -0.1) is 0 Å². The minimum absolute atomic E-state index is 0.145. The summed E-state index contributed by atoms with van der Waals surface area (Å²) in [6.45, 7) is 1.08. The zero-order chi connectivity index (χ0) is 32.7. The van der Waals surface area contributed by atoms with Gasteiger partial charge in [-0.3, -0.25) is 14.4 Å². The van der Waals surface area contributed by atoms with Crippen LogP contribution in [0.15, 0.2) is 35.2 Å². The average molecular weight is 659 g/mol. The van der Waals surface area contributed by atoms with Crippen LogP contribution in [0.5, 0.6) is 11.5 Å². The number of ether oxygens (including phenoxy) is 3. The van der Waals surface area contributed by atoms with Crippen LogP contribution < -0.4 is 20.1 Å². The maximum Gasteiger partial charge on any atom is 0.313 e. The molecule has 2 amide bonds. The van der Waals surface area contributed by atoms with Crippen LogP contribution in [-0.4, -0.2) is 55.4 Å².